The molecule has 0 aliphatic carbocycles. The number of ketones is 1. The van der Waals surface area contributed by atoms with Crippen molar-refractivity contribution < 1.29 is 14.3 Å². The fourth-order valence-electron chi connectivity index (χ4n) is 2.43. The summed E-state index contributed by atoms with van der Waals surface area (Å²) < 4.78 is 6.23. The van der Waals surface area contributed by atoms with E-state index >= 15 is 0 Å². The first-order valence-corrected chi connectivity index (χ1v) is 11.3. The maximum atomic E-state index is 12.2. The van der Waals surface area contributed by atoms with Crippen molar-refractivity contribution in [1.29, 1.82) is 0 Å². The van der Waals surface area contributed by atoms with Gasteiger partial charge in [0, 0.05) is 0 Å². The number of Topliss-reactive ketones (excluding diaryl/α,β-unsaturated/α-hetero) is 1. The van der Waals surface area contributed by atoms with Gasteiger partial charge < -0.3 is 9.53 Å². The maximum absolute atomic E-state index is 12.2. The number of hydrogen-bond donors (Lipinski definition) is 1. The largest absolute Gasteiger partial charge is 0.404 e. The lowest BCUT2D eigenvalue weighted by atomic mass is 9.99. The Labute approximate surface area is 145 Å². The number of carbonyl (C=O) groups is 1. The predicted molar refractivity (Wildman–Crippen MR) is 102 cm³/mol. The minimum absolute atomic E-state index is 0.0240. The van der Waals surface area contributed by atoms with E-state index in [1.165, 1.54) is 6.92 Å². The molecule has 0 heterocycles. The van der Waals surface area contributed by atoms with Crippen LogP contribution in [0.25, 0.3) is 10.8 Å². The van der Waals surface area contributed by atoms with Gasteiger partial charge in [0.05, 0.1) is 0 Å². The highest BCUT2D eigenvalue weighted by Crippen LogP contribution is 2.39. The molecule has 2 aromatic rings. The summed E-state index contributed by atoms with van der Waals surface area (Å²) in [7, 11) is -2.16. The number of aliphatic hydroxyl groups excluding tert-OH is 1. The third-order valence-corrected chi connectivity index (χ3v) is 9.49. The molecule has 1 N–H and O–H groups in total. The highest BCUT2D eigenvalue weighted by molar-refractivity contribution is 6.74. The molecule has 0 bridgehead atoms. The molecule has 130 valence electrons. The fourth-order valence-corrected chi connectivity index (χ4v) is 3.71. The molecule has 0 saturated heterocycles. The summed E-state index contributed by atoms with van der Waals surface area (Å²) in [5.41, 5.74) is 0.715. The van der Waals surface area contributed by atoms with E-state index in [1.54, 1.807) is 0 Å². The van der Waals surface area contributed by atoms with Gasteiger partial charge in [-0.1, -0.05) is 57.2 Å². The Morgan fingerprint density at radius 2 is 1.67 bits per heavy atom. The number of rotatable bonds is 5. The van der Waals surface area contributed by atoms with Crippen molar-refractivity contribution in [1.82, 2.24) is 0 Å². The number of hydrogen-bond acceptors (Lipinski definition) is 3. The molecule has 2 rings (SSSR count). The van der Waals surface area contributed by atoms with Crippen molar-refractivity contribution in [2.24, 2.45) is 0 Å². The smallest absolute Gasteiger partial charge is 0.193 e. The van der Waals surface area contributed by atoms with Crippen LogP contribution < -0.4 is 0 Å². The summed E-state index contributed by atoms with van der Waals surface area (Å²) in [4.78, 5) is 12.2. The lowest BCUT2D eigenvalue weighted by Crippen LogP contribution is -2.47. The van der Waals surface area contributed by atoms with E-state index in [-0.39, 0.29) is 10.8 Å². The summed E-state index contributed by atoms with van der Waals surface area (Å²) in [6, 6.07) is 13.8. The van der Waals surface area contributed by atoms with E-state index in [0.717, 1.165) is 10.8 Å². The molecular formula is C20H28O3Si. The van der Waals surface area contributed by atoms with Crippen LogP contribution >= 0.6 is 0 Å². The molecule has 2 aromatic carbocycles. The van der Waals surface area contributed by atoms with Crippen molar-refractivity contribution in [3.63, 3.8) is 0 Å². The normalized spacial score (nSPS) is 15.3. The summed E-state index contributed by atoms with van der Waals surface area (Å²) >= 11 is 0. The lowest BCUT2D eigenvalue weighted by Gasteiger charge is -2.39. The van der Waals surface area contributed by atoms with Crippen LogP contribution in [-0.4, -0.2) is 25.3 Å². The van der Waals surface area contributed by atoms with Gasteiger partial charge in [-0.25, -0.2) is 0 Å². The number of aliphatic hydroxyl groups is 1. The molecule has 0 aliphatic heterocycles. The van der Waals surface area contributed by atoms with Gasteiger partial charge >= 0.3 is 0 Å². The number of benzene rings is 2. The van der Waals surface area contributed by atoms with Crippen LogP contribution in [0.15, 0.2) is 42.5 Å². The van der Waals surface area contributed by atoms with E-state index in [9.17, 15) is 9.90 Å². The molecule has 0 fully saturated rings. The van der Waals surface area contributed by atoms with Crippen molar-refractivity contribution in [2.75, 3.05) is 0 Å². The average Bonchev–Trinajstić information content (AvgIpc) is 2.50. The van der Waals surface area contributed by atoms with Crippen molar-refractivity contribution in [3.05, 3.63) is 48.0 Å². The van der Waals surface area contributed by atoms with Crippen LogP contribution in [0.2, 0.25) is 18.1 Å². The van der Waals surface area contributed by atoms with Gasteiger partial charge in [-0.3, -0.25) is 4.79 Å². The Balaban J connectivity index is 2.34. The highest BCUT2D eigenvalue weighted by Gasteiger charge is 2.42. The zero-order valence-corrected chi connectivity index (χ0v) is 16.5. The van der Waals surface area contributed by atoms with Crippen LogP contribution in [0.3, 0.4) is 0 Å². The summed E-state index contributed by atoms with van der Waals surface area (Å²) in [6.45, 7) is 12.0. The molecular weight excluding hydrogens is 316 g/mol. The minimum Gasteiger partial charge on any atom is -0.404 e. The third-order valence-electron chi connectivity index (χ3n) is 5.03. The molecule has 0 aromatic heterocycles. The Morgan fingerprint density at radius 3 is 2.21 bits per heavy atom. The Hall–Kier alpha value is -1.49. The van der Waals surface area contributed by atoms with Crippen molar-refractivity contribution in [3.8, 4) is 0 Å². The van der Waals surface area contributed by atoms with Crippen LogP contribution in [0.1, 0.15) is 39.4 Å². The zero-order valence-electron chi connectivity index (χ0n) is 15.5. The van der Waals surface area contributed by atoms with E-state index in [2.05, 4.69) is 33.9 Å². The van der Waals surface area contributed by atoms with Gasteiger partial charge in [0.2, 0.25) is 0 Å². The van der Waals surface area contributed by atoms with E-state index in [0.29, 0.717) is 5.56 Å². The molecule has 2 atom stereocenters. The van der Waals surface area contributed by atoms with Crippen molar-refractivity contribution >= 4 is 24.9 Å². The minimum atomic E-state index is -2.16. The Morgan fingerprint density at radius 1 is 1.08 bits per heavy atom. The highest BCUT2D eigenvalue weighted by atomic mass is 28.4. The molecule has 0 aliphatic rings. The van der Waals surface area contributed by atoms with Gasteiger partial charge in [-0.05, 0) is 47.5 Å². The van der Waals surface area contributed by atoms with E-state index in [1.807, 2.05) is 42.5 Å². The van der Waals surface area contributed by atoms with Crippen LogP contribution in [0.5, 0.6) is 0 Å². The molecule has 4 heteroatoms. The topological polar surface area (TPSA) is 46.5 Å². The summed E-state index contributed by atoms with van der Waals surface area (Å²) in [5, 5.41) is 12.9. The number of fused-ring (bicyclic) bond motifs is 1. The predicted octanol–water partition coefficient (Wildman–Crippen LogP) is 4.85. The first-order chi connectivity index (χ1) is 11.0. The third kappa shape index (κ3) is 3.94. The van der Waals surface area contributed by atoms with E-state index in [4.69, 9.17) is 4.43 Å². The van der Waals surface area contributed by atoms with Gasteiger partial charge in [0.15, 0.2) is 14.1 Å². The SMILES string of the molecule is CC(=O)[C@@H](O[Si](C)(C)C(C)(C)C)[C@H](O)c1ccc2ccccc2c1. The second kappa shape index (κ2) is 6.79. The second-order valence-corrected chi connectivity index (χ2v) is 12.7. The maximum Gasteiger partial charge on any atom is 0.193 e. The molecule has 24 heavy (non-hydrogen) atoms. The van der Waals surface area contributed by atoms with E-state index < -0.39 is 20.5 Å². The Kier molecular flexibility index (Phi) is 5.33. The molecule has 0 amide bonds. The van der Waals surface area contributed by atoms with Crippen LogP contribution in [0.4, 0.5) is 0 Å². The fraction of sp³-hybridized carbons (Fsp3) is 0.450. The first kappa shape index (κ1) is 18.8. The molecule has 0 radical (unpaired) electrons. The van der Waals surface area contributed by atoms with Crippen LogP contribution in [-0.2, 0) is 9.22 Å². The number of carbonyl (C=O) groups excluding carboxylic acids is 1. The summed E-state index contributed by atoms with van der Waals surface area (Å²) in [6.07, 6.45) is -1.78. The zero-order chi connectivity index (χ0) is 18.1. The monoisotopic (exact) mass is 344 g/mol. The molecule has 0 unspecified atom stereocenters. The quantitative estimate of drug-likeness (QED) is 0.789. The molecule has 0 spiro atoms. The van der Waals surface area contributed by atoms with Gasteiger partial charge in [-0.15, -0.1) is 0 Å². The average molecular weight is 345 g/mol. The molecule has 0 saturated carbocycles. The molecule has 3 nitrogen and oxygen atoms in total. The van der Waals surface area contributed by atoms with Crippen molar-refractivity contribution in [2.45, 2.75) is 58.0 Å². The van der Waals surface area contributed by atoms with Gasteiger partial charge in [0.1, 0.15) is 12.2 Å². The first-order valence-electron chi connectivity index (χ1n) is 8.38. The van der Waals surface area contributed by atoms with Crippen LogP contribution in [0, 0.1) is 0 Å². The standard InChI is InChI=1S/C20H28O3Si/c1-14(21)19(23-24(5,6)20(2,3)4)18(22)17-12-11-15-9-7-8-10-16(15)13-17/h7-13,18-19,22H,1-6H3/t18-,19-/m1/s1. The van der Waals surface area contributed by atoms with Gasteiger partial charge in [-0.2, -0.15) is 0 Å². The lowest BCUT2D eigenvalue weighted by molar-refractivity contribution is -0.129. The summed E-state index contributed by atoms with van der Waals surface area (Å²) in [5.74, 6) is -0.138. The van der Waals surface area contributed by atoms with Gasteiger partial charge in [0.25, 0.3) is 0 Å². The second-order valence-electron chi connectivity index (χ2n) is 7.96. The Bertz CT molecular complexity index is 731.